The van der Waals surface area contributed by atoms with Gasteiger partial charge in [-0.05, 0) is 24.8 Å². The van der Waals surface area contributed by atoms with Gasteiger partial charge in [-0.1, -0.05) is 24.9 Å². The third-order valence-electron chi connectivity index (χ3n) is 4.29. The van der Waals surface area contributed by atoms with Crippen molar-refractivity contribution in [3.8, 4) is 0 Å². The van der Waals surface area contributed by atoms with E-state index in [1.807, 2.05) is 0 Å². The van der Waals surface area contributed by atoms with E-state index in [4.69, 9.17) is 16.3 Å². The molecule has 0 aromatic carbocycles. The van der Waals surface area contributed by atoms with E-state index in [2.05, 4.69) is 17.2 Å². The zero-order valence-electron chi connectivity index (χ0n) is 12.8. The number of carbonyl (C=O) groups excluding carboxylic acids is 1. The lowest BCUT2D eigenvalue weighted by Gasteiger charge is -2.26. The van der Waals surface area contributed by atoms with Crippen molar-refractivity contribution in [1.82, 2.24) is 9.88 Å². The molecule has 1 amide bonds. The molecule has 1 aromatic rings. The van der Waals surface area contributed by atoms with Crippen LogP contribution in [0.4, 0.5) is 5.82 Å². The monoisotopic (exact) mass is 323 g/mol. The molecule has 2 atom stereocenters. The van der Waals surface area contributed by atoms with Gasteiger partial charge in [-0.15, -0.1) is 0 Å². The maximum Gasteiger partial charge on any atom is 0.255 e. The van der Waals surface area contributed by atoms with Crippen LogP contribution in [0.2, 0.25) is 5.02 Å². The highest BCUT2D eigenvalue weighted by molar-refractivity contribution is 6.33. The zero-order chi connectivity index (χ0) is 15.5. The van der Waals surface area contributed by atoms with Crippen LogP contribution in [-0.2, 0) is 4.74 Å². The first kappa shape index (κ1) is 15.6. The summed E-state index contributed by atoms with van der Waals surface area (Å²) in [6, 6.07) is 2.19. The molecule has 1 aliphatic heterocycles. The molecule has 2 aliphatic rings. The first-order valence-corrected chi connectivity index (χ1v) is 8.36. The number of amides is 1. The fourth-order valence-corrected chi connectivity index (χ4v) is 3.12. The molecule has 5 nitrogen and oxygen atoms in total. The average molecular weight is 324 g/mol. The SMILES string of the molecule is CCCC1CC1Nc1ncc(C(=O)N2CCOCC2)cc1Cl. The molecule has 2 fully saturated rings. The molecular weight excluding hydrogens is 302 g/mol. The predicted octanol–water partition coefficient (Wildman–Crippen LogP) is 2.81. The topological polar surface area (TPSA) is 54.5 Å². The summed E-state index contributed by atoms with van der Waals surface area (Å²) >= 11 is 6.29. The van der Waals surface area contributed by atoms with Crippen molar-refractivity contribution in [1.29, 1.82) is 0 Å². The minimum absolute atomic E-state index is 0.0282. The molecule has 22 heavy (non-hydrogen) atoms. The molecule has 0 spiro atoms. The fourth-order valence-electron chi connectivity index (χ4n) is 2.90. The molecule has 1 saturated carbocycles. The van der Waals surface area contributed by atoms with Crippen LogP contribution in [0.5, 0.6) is 0 Å². The van der Waals surface area contributed by atoms with Crippen molar-refractivity contribution in [3.63, 3.8) is 0 Å². The van der Waals surface area contributed by atoms with Gasteiger partial charge in [0.2, 0.25) is 0 Å². The van der Waals surface area contributed by atoms with Gasteiger partial charge in [0.15, 0.2) is 0 Å². The van der Waals surface area contributed by atoms with Gasteiger partial charge in [0.25, 0.3) is 5.91 Å². The lowest BCUT2D eigenvalue weighted by Crippen LogP contribution is -2.40. The van der Waals surface area contributed by atoms with Gasteiger partial charge in [-0.3, -0.25) is 4.79 Å². The maximum atomic E-state index is 12.4. The third-order valence-corrected chi connectivity index (χ3v) is 4.58. The molecule has 3 rings (SSSR count). The standard InChI is InChI=1S/C16H22ClN3O2/c1-2-3-11-9-14(11)19-15-13(17)8-12(10-18-15)16(21)20-4-6-22-7-5-20/h8,10-11,14H,2-7,9H2,1H3,(H,18,19). The summed E-state index contributed by atoms with van der Waals surface area (Å²) in [4.78, 5) is 18.5. The van der Waals surface area contributed by atoms with E-state index in [1.54, 1.807) is 17.2 Å². The van der Waals surface area contributed by atoms with E-state index >= 15 is 0 Å². The Hall–Kier alpha value is -1.33. The number of nitrogens with one attached hydrogen (secondary N) is 1. The molecule has 0 bridgehead atoms. The fraction of sp³-hybridized carbons (Fsp3) is 0.625. The van der Waals surface area contributed by atoms with Crippen LogP contribution in [-0.4, -0.2) is 48.1 Å². The highest BCUT2D eigenvalue weighted by Gasteiger charge is 2.36. The number of rotatable bonds is 5. The van der Waals surface area contributed by atoms with E-state index in [-0.39, 0.29) is 5.91 Å². The molecule has 2 heterocycles. The van der Waals surface area contributed by atoms with Crippen LogP contribution in [0.1, 0.15) is 36.5 Å². The van der Waals surface area contributed by atoms with Gasteiger partial charge < -0.3 is 15.0 Å². The van der Waals surface area contributed by atoms with Crippen LogP contribution in [0.15, 0.2) is 12.3 Å². The summed E-state index contributed by atoms with van der Waals surface area (Å²) in [5.41, 5.74) is 0.540. The first-order chi connectivity index (χ1) is 10.7. The Morgan fingerprint density at radius 3 is 2.95 bits per heavy atom. The van der Waals surface area contributed by atoms with Gasteiger partial charge in [-0.2, -0.15) is 0 Å². The maximum absolute atomic E-state index is 12.4. The van der Waals surface area contributed by atoms with E-state index in [0.29, 0.717) is 48.7 Å². The van der Waals surface area contributed by atoms with Gasteiger partial charge in [0.05, 0.1) is 23.8 Å². The molecule has 1 aromatic heterocycles. The summed E-state index contributed by atoms with van der Waals surface area (Å²) in [6.45, 7) is 4.63. The second-order valence-electron chi connectivity index (χ2n) is 5.99. The Labute approximate surface area is 136 Å². The molecule has 1 N–H and O–H groups in total. The summed E-state index contributed by atoms with van der Waals surface area (Å²) in [7, 11) is 0. The third kappa shape index (κ3) is 3.52. The molecule has 120 valence electrons. The Morgan fingerprint density at radius 1 is 1.50 bits per heavy atom. The summed E-state index contributed by atoms with van der Waals surface area (Å²) in [6.07, 6.45) is 5.24. The number of aromatic nitrogens is 1. The molecule has 1 saturated heterocycles. The number of halogens is 1. The lowest BCUT2D eigenvalue weighted by molar-refractivity contribution is 0.0302. The zero-order valence-corrected chi connectivity index (χ0v) is 13.6. The number of nitrogens with zero attached hydrogens (tertiary/aromatic N) is 2. The lowest BCUT2D eigenvalue weighted by atomic mass is 10.2. The number of hydrogen-bond donors (Lipinski definition) is 1. The number of carbonyl (C=O) groups is 1. The minimum atomic E-state index is -0.0282. The van der Waals surface area contributed by atoms with E-state index in [0.717, 1.165) is 5.92 Å². The number of morpholine rings is 1. The van der Waals surface area contributed by atoms with Crippen molar-refractivity contribution in [2.24, 2.45) is 5.92 Å². The van der Waals surface area contributed by atoms with E-state index in [9.17, 15) is 4.79 Å². The number of hydrogen-bond acceptors (Lipinski definition) is 4. The van der Waals surface area contributed by atoms with Gasteiger partial charge in [0.1, 0.15) is 5.82 Å². The van der Waals surface area contributed by atoms with Gasteiger partial charge >= 0.3 is 0 Å². The Morgan fingerprint density at radius 2 is 2.27 bits per heavy atom. The highest BCUT2D eigenvalue weighted by Crippen LogP contribution is 2.38. The smallest absolute Gasteiger partial charge is 0.255 e. The van der Waals surface area contributed by atoms with Crippen molar-refractivity contribution in [2.75, 3.05) is 31.6 Å². The molecular formula is C16H22ClN3O2. The number of anilines is 1. The van der Waals surface area contributed by atoms with Crippen molar-refractivity contribution in [3.05, 3.63) is 22.8 Å². The van der Waals surface area contributed by atoms with Gasteiger partial charge in [-0.25, -0.2) is 4.98 Å². The quantitative estimate of drug-likeness (QED) is 0.905. The molecule has 0 radical (unpaired) electrons. The summed E-state index contributed by atoms with van der Waals surface area (Å²) in [5, 5.41) is 3.89. The summed E-state index contributed by atoms with van der Waals surface area (Å²) in [5.74, 6) is 1.39. The van der Waals surface area contributed by atoms with Gasteiger partial charge in [0, 0.05) is 25.3 Å². The Balaban J connectivity index is 1.63. The van der Waals surface area contributed by atoms with Crippen molar-refractivity contribution < 1.29 is 9.53 Å². The van der Waals surface area contributed by atoms with Crippen molar-refractivity contribution in [2.45, 2.75) is 32.2 Å². The number of pyridine rings is 1. The van der Waals surface area contributed by atoms with E-state index in [1.165, 1.54) is 19.3 Å². The number of ether oxygens (including phenoxy) is 1. The van der Waals surface area contributed by atoms with Crippen LogP contribution in [0.3, 0.4) is 0 Å². The van der Waals surface area contributed by atoms with Crippen LogP contribution in [0, 0.1) is 5.92 Å². The molecule has 1 aliphatic carbocycles. The Bertz CT molecular complexity index is 546. The first-order valence-electron chi connectivity index (χ1n) is 7.98. The largest absolute Gasteiger partial charge is 0.378 e. The minimum Gasteiger partial charge on any atom is -0.378 e. The molecule has 2 unspecified atom stereocenters. The Kier molecular flexibility index (Phi) is 4.84. The average Bonchev–Trinajstić information content (AvgIpc) is 3.27. The second kappa shape index (κ2) is 6.84. The predicted molar refractivity (Wildman–Crippen MR) is 86.4 cm³/mol. The van der Waals surface area contributed by atoms with E-state index < -0.39 is 0 Å². The summed E-state index contributed by atoms with van der Waals surface area (Å²) < 4.78 is 5.26. The van der Waals surface area contributed by atoms with Crippen molar-refractivity contribution >= 4 is 23.3 Å². The normalized spacial score (nSPS) is 24.2. The highest BCUT2D eigenvalue weighted by atomic mass is 35.5. The van der Waals surface area contributed by atoms with Crippen LogP contribution < -0.4 is 5.32 Å². The molecule has 6 heteroatoms. The second-order valence-corrected chi connectivity index (χ2v) is 6.40. The van der Waals surface area contributed by atoms with Crippen LogP contribution in [0.25, 0.3) is 0 Å². The van der Waals surface area contributed by atoms with Crippen LogP contribution >= 0.6 is 11.6 Å².